The molecule has 0 bridgehead atoms. The van der Waals surface area contributed by atoms with Crippen LogP contribution in [-0.4, -0.2) is 15.8 Å². The van der Waals surface area contributed by atoms with Crippen molar-refractivity contribution in [2.24, 2.45) is 5.92 Å². The third-order valence-electron chi connectivity index (χ3n) is 3.34. The molecule has 15 heavy (non-hydrogen) atoms. The second-order valence-electron chi connectivity index (χ2n) is 4.79. The van der Waals surface area contributed by atoms with Gasteiger partial charge in [0.15, 0.2) is 0 Å². The lowest BCUT2D eigenvalue weighted by Gasteiger charge is -2.35. The maximum absolute atomic E-state index is 4.30. The molecule has 0 saturated heterocycles. The van der Waals surface area contributed by atoms with Gasteiger partial charge in [-0.3, -0.25) is 4.68 Å². The summed E-state index contributed by atoms with van der Waals surface area (Å²) in [6.45, 7) is 7.60. The molecule has 0 spiro atoms. The Morgan fingerprint density at radius 2 is 2.33 bits per heavy atom. The van der Waals surface area contributed by atoms with Gasteiger partial charge in [-0.25, -0.2) is 0 Å². The molecule has 0 aromatic carbocycles. The number of hydrogen-bond acceptors (Lipinski definition) is 2. The van der Waals surface area contributed by atoms with Crippen LogP contribution in [0, 0.1) is 5.92 Å². The molecule has 1 atom stereocenters. The lowest BCUT2D eigenvalue weighted by atomic mass is 9.81. The highest BCUT2D eigenvalue weighted by atomic mass is 15.3. The second kappa shape index (κ2) is 4.35. The zero-order chi connectivity index (χ0) is 10.8. The van der Waals surface area contributed by atoms with Gasteiger partial charge in [0, 0.05) is 30.4 Å². The Balaban J connectivity index is 1.87. The molecule has 1 saturated carbocycles. The number of hydrogen-bond donors (Lipinski definition) is 1. The van der Waals surface area contributed by atoms with E-state index in [1.807, 2.05) is 10.9 Å². The maximum Gasteiger partial charge on any atom is 0.0537 e. The fraction of sp³-hybridized carbons (Fsp3) is 0.750. The first-order valence-corrected chi connectivity index (χ1v) is 5.97. The Hall–Kier alpha value is -0.830. The minimum atomic E-state index is 0.433. The van der Waals surface area contributed by atoms with E-state index in [1.54, 1.807) is 0 Å². The van der Waals surface area contributed by atoms with Crippen molar-refractivity contribution in [2.75, 3.05) is 0 Å². The van der Waals surface area contributed by atoms with Gasteiger partial charge >= 0.3 is 0 Å². The summed E-state index contributed by atoms with van der Waals surface area (Å²) in [5.41, 5.74) is 1.30. The zero-order valence-electron chi connectivity index (χ0n) is 9.90. The highest BCUT2D eigenvalue weighted by Gasteiger charge is 2.26. The lowest BCUT2D eigenvalue weighted by molar-refractivity contribution is 0.226. The second-order valence-corrected chi connectivity index (χ2v) is 4.79. The van der Waals surface area contributed by atoms with Crippen molar-refractivity contribution in [3.05, 3.63) is 18.0 Å². The molecule has 0 radical (unpaired) electrons. The Kier molecular flexibility index (Phi) is 3.10. The summed E-state index contributed by atoms with van der Waals surface area (Å²) in [6.07, 6.45) is 6.77. The summed E-state index contributed by atoms with van der Waals surface area (Å²) in [4.78, 5) is 0. The van der Waals surface area contributed by atoms with Crippen LogP contribution in [0.15, 0.2) is 12.4 Å². The van der Waals surface area contributed by atoms with Crippen molar-refractivity contribution >= 4 is 0 Å². The van der Waals surface area contributed by atoms with Gasteiger partial charge in [-0.15, -0.1) is 0 Å². The summed E-state index contributed by atoms with van der Waals surface area (Å²) in [5, 5.41) is 7.95. The topological polar surface area (TPSA) is 29.9 Å². The van der Waals surface area contributed by atoms with Crippen molar-refractivity contribution in [3.8, 4) is 0 Å². The molecule has 1 aromatic rings. The molecule has 0 aliphatic heterocycles. The zero-order valence-corrected chi connectivity index (χ0v) is 9.90. The van der Waals surface area contributed by atoms with Crippen molar-refractivity contribution < 1.29 is 0 Å². The Morgan fingerprint density at radius 1 is 1.60 bits per heavy atom. The van der Waals surface area contributed by atoms with Gasteiger partial charge in [0.25, 0.3) is 0 Å². The summed E-state index contributed by atoms with van der Waals surface area (Å²) < 4.78 is 1.98. The van der Waals surface area contributed by atoms with Gasteiger partial charge in [0.2, 0.25) is 0 Å². The molecule has 2 rings (SSSR count). The van der Waals surface area contributed by atoms with Crippen molar-refractivity contribution in [3.63, 3.8) is 0 Å². The number of rotatable bonds is 4. The molecular formula is C12H21N3. The van der Waals surface area contributed by atoms with E-state index < -0.39 is 0 Å². The highest BCUT2D eigenvalue weighted by Crippen LogP contribution is 2.28. The molecule has 1 heterocycles. The molecule has 1 aliphatic carbocycles. The summed E-state index contributed by atoms with van der Waals surface area (Å²) in [5.74, 6) is 0.910. The van der Waals surface area contributed by atoms with Crippen LogP contribution in [-0.2, 0) is 6.54 Å². The number of aromatic nitrogens is 2. The molecule has 1 N–H and O–H groups in total. The minimum Gasteiger partial charge on any atom is -0.307 e. The first-order valence-electron chi connectivity index (χ1n) is 5.97. The van der Waals surface area contributed by atoms with E-state index in [9.17, 15) is 0 Å². The first kappa shape index (κ1) is 10.7. The SMILES string of the molecule is CCn1cc(C(C)NC2CC(C)C2)cn1. The van der Waals surface area contributed by atoms with E-state index in [0.717, 1.165) is 18.5 Å². The fourth-order valence-corrected chi connectivity index (χ4v) is 2.26. The van der Waals surface area contributed by atoms with Gasteiger partial charge in [-0.2, -0.15) is 5.10 Å². The van der Waals surface area contributed by atoms with Crippen molar-refractivity contribution in [1.29, 1.82) is 0 Å². The Bertz CT molecular complexity index is 312. The quantitative estimate of drug-likeness (QED) is 0.821. The average Bonchev–Trinajstić information content (AvgIpc) is 2.63. The van der Waals surface area contributed by atoms with Crippen LogP contribution in [0.1, 0.15) is 45.2 Å². The van der Waals surface area contributed by atoms with Crippen LogP contribution in [0.2, 0.25) is 0 Å². The van der Waals surface area contributed by atoms with Crippen molar-refractivity contribution in [2.45, 2.75) is 52.2 Å². The van der Waals surface area contributed by atoms with E-state index in [4.69, 9.17) is 0 Å². The highest BCUT2D eigenvalue weighted by molar-refractivity contribution is 5.10. The van der Waals surface area contributed by atoms with Gasteiger partial charge in [-0.1, -0.05) is 6.92 Å². The van der Waals surface area contributed by atoms with E-state index in [1.165, 1.54) is 18.4 Å². The maximum atomic E-state index is 4.30. The summed E-state index contributed by atoms with van der Waals surface area (Å²) in [6, 6.07) is 1.16. The Labute approximate surface area is 91.9 Å². The smallest absolute Gasteiger partial charge is 0.0537 e. The number of nitrogens with zero attached hydrogens (tertiary/aromatic N) is 2. The van der Waals surface area contributed by atoms with Gasteiger partial charge in [0.1, 0.15) is 0 Å². The molecule has 84 valence electrons. The minimum absolute atomic E-state index is 0.433. The van der Waals surface area contributed by atoms with Crippen LogP contribution >= 0.6 is 0 Å². The Morgan fingerprint density at radius 3 is 2.87 bits per heavy atom. The third kappa shape index (κ3) is 2.40. The van der Waals surface area contributed by atoms with E-state index in [2.05, 4.69) is 37.4 Å². The third-order valence-corrected chi connectivity index (χ3v) is 3.34. The monoisotopic (exact) mass is 207 g/mol. The van der Waals surface area contributed by atoms with Gasteiger partial charge < -0.3 is 5.32 Å². The fourth-order valence-electron chi connectivity index (χ4n) is 2.26. The van der Waals surface area contributed by atoms with Crippen LogP contribution in [0.4, 0.5) is 0 Å². The molecule has 0 amide bonds. The molecule has 1 aromatic heterocycles. The molecule has 1 fully saturated rings. The summed E-state index contributed by atoms with van der Waals surface area (Å²) in [7, 11) is 0. The summed E-state index contributed by atoms with van der Waals surface area (Å²) >= 11 is 0. The van der Waals surface area contributed by atoms with E-state index >= 15 is 0 Å². The van der Waals surface area contributed by atoms with Gasteiger partial charge in [0.05, 0.1) is 6.20 Å². The largest absolute Gasteiger partial charge is 0.307 e. The van der Waals surface area contributed by atoms with Crippen molar-refractivity contribution in [1.82, 2.24) is 15.1 Å². The predicted molar refractivity (Wildman–Crippen MR) is 61.6 cm³/mol. The lowest BCUT2D eigenvalue weighted by Crippen LogP contribution is -2.41. The number of aryl methyl sites for hydroxylation is 1. The van der Waals surface area contributed by atoms with E-state index in [-0.39, 0.29) is 0 Å². The first-order chi connectivity index (χ1) is 7.19. The molecule has 3 nitrogen and oxygen atoms in total. The number of nitrogens with one attached hydrogen (secondary N) is 1. The van der Waals surface area contributed by atoms with Gasteiger partial charge in [-0.05, 0) is 32.6 Å². The van der Waals surface area contributed by atoms with Crippen LogP contribution < -0.4 is 5.32 Å². The molecular weight excluding hydrogens is 186 g/mol. The standard InChI is InChI=1S/C12H21N3/c1-4-15-8-11(7-13-15)10(3)14-12-5-9(2)6-12/h7-10,12,14H,4-6H2,1-3H3. The van der Waals surface area contributed by atoms with Crippen LogP contribution in [0.25, 0.3) is 0 Å². The van der Waals surface area contributed by atoms with Crippen LogP contribution in [0.3, 0.4) is 0 Å². The normalized spacial score (nSPS) is 27.4. The average molecular weight is 207 g/mol. The van der Waals surface area contributed by atoms with E-state index in [0.29, 0.717) is 6.04 Å². The molecule has 3 heteroatoms. The van der Waals surface area contributed by atoms with Crippen LogP contribution in [0.5, 0.6) is 0 Å². The molecule has 1 unspecified atom stereocenters. The predicted octanol–water partition coefficient (Wildman–Crippen LogP) is 2.35. The molecule has 1 aliphatic rings.